The number of rotatable bonds is 9. The minimum atomic E-state index is -1.37. The maximum absolute atomic E-state index is 13.8. The van der Waals surface area contributed by atoms with Crippen molar-refractivity contribution in [2.75, 3.05) is 5.75 Å². The van der Waals surface area contributed by atoms with Crippen LogP contribution < -0.4 is 0 Å². The standard InChI is InChI=1S/C29H36FNO2S/c1-7-8-24-26(21-11-13-22(30)14-12-21)27(29(19(4)5)31-28(24)18(2)3)25(32)17-34(33)23-15-9-20(6)10-16-23/h9-16,18-19,25,32H,7-8,17H2,1-6H3/t25-,34?/m0/s1. The average molecular weight is 482 g/mol. The number of hydrogen-bond acceptors (Lipinski definition) is 3. The van der Waals surface area contributed by atoms with Crippen molar-refractivity contribution in [3.63, 3.8) is 0 Å². The van der Waals surface area contributed by atoms with E-state index < -0.39 is 16.9 Å². The van der Waals surface area contributed by atoms with Crippen LogP contribution in [0, 0.1) is 12.7 Å². The van der Waals surface area contributed by atoms with E-state index in [1.54, 1.807) is 12.1 Å². The molecule has 34 heavy (non-hydrogen) atoms. The minimum Gasteiger partial charge on any atom is -0.387 e. The summed E-state index contributed by atoms with van der Waals surface area (Å²) in [5, 5.41) is 11.5. The van der Waals surface area contributed by atoms with Crippen LogP contribution >= 0.6 is 0 Å². The number of nitrogens with zero attached hydrogens (tertiary/aromatic N) is 1. The molecule has 3 aromatic rings. The largest absolute Gasteiger partial charge is 0.387 e. The zero-order valence-corrected chi connectivity index (χ0v) is 21.9. The smallest absolute Gasteiger partial charge is 0.123 e. The third-order valence-electron chi connectivity index (χ3n) is 6.05. The van der Waals surface area contributed by atoms with Crippen molar-refractivity contribution in [2.45, 2.75) is 77.2 Å². The van der Waals surface area contributed by atoms with Crippen LogP contribution in [0.15, 0.2) is 53.4 Å². The third-order valence-corrected chi connectivity index (χ3v) is 7.47. The molecule has 0 saturated heterocycles. The van der Waals surface area contributed by atoms with Crippen LogP contribution in [0.5, 0.6) is 0 Å². The molecule has 1 unspecified atom stereocenters. The highest BCUT2D eigenvalue weighted by molar-refractivity contribution is 7.85. The first kappa shape index (κ1) is 26.2. The Morgan fingerprint density at radius 3 is 2.06 bits per heavy atom. The van der Waals surface area contributed by atoms with Crippen molar-refractivity contribution in [1.82, 2.24) is 4.98 Å². The molecule has 3 nitrogen and oxygen atoms in total. The summed E-state index contributed by atoms with van der Waals surface area (Å²) in [4.78, 5) is 5.77. The average Bonchev–Trinajstić information content (AvgIpc) is 2.79. The number of aliphatic hydroxyl groups excluding tert-OH is 1. The molecule has 5 heteroatoms. The van der Waals surface area contributed by atoms with Gasteiger partial charge in [-0.3, -0.25) is 9.19 Å². The molecular weight excluding hydrogens is 445 g/mol. The lowest BCUT2D eigenvalue weighted by molar-refractivity contribution is 0.201. The van der Waals surface area contributed by atoms with Gasteiger partial charge in [0.25, 0.3) is 0 Å². The maximum atomic E-state index is 13.8. The van der Waals surface area contributed by atoms with Gasteiger partial charge in [-0.2, -0.15) is 0 Å². The van der Waals surface area contributed by atoms with E-state index in [0.717, 1.165) is 52.0 Å². The summed E-state index contributed by atoms with van der Waals surface area (Å²) < 4.78 is 27.0. The Morgan fingerprint density at radius 1 is 0.941 bits per heavy atom. The Balaban J connectivity index is 2.23. The Kier molecular flexibility index (Phi) is 8.78. The van der Waals surface area contributed by atoms with Crippen molar-refractivity contribution >= 4 is 10.8 Å². The predicted molar refractivity (Wildman–Crippen MR) is 139 cm³/mol. The van der Waals surface area contributed by atoms with E-state index in [-0.39, 0.29) is 23.4 Å². The summed E-state index contributed by atoms with van der Waals surface area (Å²) in [6.45, 7) is 12.5. The second-order valence-electron chi connectivity index (χ2n) is 9.56. The zero-order valence-electron chi connectivity index (χ0n) is 21.1. The number of aryl methyl sites for hydroxylation is 1. The maximum Gasteiger partial charge on any atom is 0.123 e. The van der Waals surface area contributed by atoms with Gasteiger partial charge in [0, 0.05) is 21.8 Å². The van der Waals surface area contributed by atoms with Crippen molar-refractivity contribution in [3.05, 3.63) is 82.4 Å². The van der Waals surface area contributed by atoms with Gasteiger partial charge in [-0.1, -0.05) is 70.9 Å². The van der Waals surface area contributed by atoms with Crippen molar-refractivity contribution in [2.24, 2.45) is 0 Å². The molecule has 0 radical (unpaired) electrons. The lowest BCUT2D eigenvalue weighted by Gasteiger charge is -2.27. The van der Waals surface area contributed by atoms with Gasteiger partial charge in [-0.25, -0.2) is 4.39 Å². The molecule has 1 aromatic heterocycles. The van der Waals surface area contributed by atoms with Crippen LogP contribution in [0.4, 0.5) is 4.39 Å². The first-order chi connectivity index (χ1) is 16.1. The molecule has 0 fully saturated rings. The molecule has 0 bridgehead atoms. The fourth-order valence-electron chi connectivity index (χ4n) is 4.39. The third kappa shape index (κ3) is 5.81. The second-order valence-corrected chi connectivity index (χ2v) is 11.1. The lowest BCUT2D eigenvalue weighted by atomic mass is 9.84. The first-order valence-electron chi connectivity index (χ1n) is 12.1. The highest BCUT2D eigenvalue weighted by Crippen LogP contribution is 2.40. The molecule has 1 heterocycles. The van der Waals surface area contributed by atoms with Gasteiger partial charge in [0.2, 0.25) is 0 Å². The highest BCUT2D eigenvalue weighted by atomic mass is 32.2. The number of benzene rings is 2. The van der Waals surface area contributed by atoms with Gasteiger partial charge in [0.05, 0.1) is 22.7 Å². The fraction of sp³-hybridized carbons (Fsp3) is 0.414. The van der Waals surface area contributed by atoms with Gasteiger partial charge in [0.15, 0.2) is 0 Å². The van der Waals surface area contributed by atoms with E-state index in [1.807, 2.05) is 31.2 Å². The number of hydrogen-bond donors (Lipinski definition) is 1. The van der Waals surface area contributed by atoms with E-state index in [2.05, 4.69) is 34.6 Å². The summed E-state index contributed by atoms with van der Waals surface area (Å²) in [5.74, 6) is 0.0344. The van der Waals surface area contributed by atoms with E-state index in [0.29, 0.717) is 4.90 Å². The Hall–Kier alpha value is -2.37. The van der Waals surface area contributed by atoms with Crippen molar-refractivity contribution < 1.29 is 13.7 Å². The normalized spacial score (nSPS) is 13.5. The van der Waals surface area contributed by atoms with Crippen LogP contribution in [0.25, 0.3) is 11.1 Å². The Labute approximate surface area is 205 Å². The van der Waals surface area contributed by atoms with Gasteiger partial charge >= 0.3 is 0 Å². The highest BCUT2D eigenvalue weighted by Gasteiger charge is 2.28. The van der Waals surface area contributed by atoms with Crippen LogP contribution in [-0.2, 0) is 17.2 Å². The molecule has 0 aliphatic heterocycles. The van der Waals surface area contributed by atoms with Crippen molar-refractivity contribution in [1.29, 1.82) is 0 Å². The molecule has 0 spiro atoms. The molecule has 0 aliphatic carbocycles. The molecule has 2 atom stereocenters. The molecular formula is C29H36FNO2S. The summed E-state index contributed by atoms with van der Waals surface area (Å²) in [7, 11) is -1.37. The van der Waals surface area contributed by atoms with Gasteiger partial charge in [0.1, 0.15) is 5.82 Å². The topological polar surface area (TPSA) is 50.2 Å². The minimum absolute atomic E-state index is 0.0600. The van der Waals surface area contributed by atoms with Crippen molar-refractivity contribution in [3.8, 4) is 11.1 Å². The number of aromatic nitrogens is 1. The van der Waals surface area contributed by atoms with Crippen LogP contribution in [0.1, 0.15) is 87.1 Å². The van der Waals surface area contributed by atoms with E-state index >= 15 is 0 Å². The monoisotopic (exact) mass is 481 g/mol. The molecule has 3 rings (SSSR count). The van der Waals surface area contributed by atoms with E-state index in [1.165, 1.54) is 12.1 Å². The fourth-order valence-corrected chi connectivity index (χ4v) is 5.48. The second kappa shape index (κ2) is 11.4. The van der Waals surface area contributed by atoms with Gasteiger partial charge < -0.3 is 5.11 Å². The quantitative estimate of drug-likeness (QED) is 0.350. The van der Waals surface area contributed by atoms with E-state index in [4.69, 9.17) is 4.98 Å². The van der Waals surface area contributed by atoms with E-state index in [9.17, 15) is 13.7 Å². The molecule has 182 valence electrons. The van der Waals surface area contributed by atoms with Crippen LogP contribution in [0.2, 0.25) is 0 Å². The molecule has 0 amide bonds. The molecule has 0 saturated carbocycles. The first-order valence-corrected chi connectivity index (χ1v) is 13.4. The zero-order chi connectivity index (χ0) is 25.0. The van der Waals surface area contributed by atoms with Gasteiger partial charge in [-0.15, -0.1) is 0 Å². The summed E-state index contributed by atoms with van der Waals surface area (Å²) in [5.41, 5.74) is 6.50. The predicted octanol–water partition coefficient (Wildman–Crippen LogP) is 7.24. The number of aliphatic hydroxyl groups is 1. The molecule has 2 aromatic carbocycles. The molecule has 1 N–H and O–H groups in total. The number of halogens is 1. The summed E-state index contributed by atoms with van der Waals surface area (Å²) in [6.07, 6.45) is 0.747. The summed E-state index contributed by atoms with van der Waals surface area (Å²) in [6, 6.07) is 14.0. The Bertz CT molecular complexity index is 1140. The Morgan fingerprint density at radius 2 is 1.53 bits per heavy atom. The number of pyridine rings is 1. The molecule has 0 aliphatic rings. The lowest BCUT2D eigenvalue weighted by Crippen LogP contribution is -2.18. The van der Waals surface area contributed by atoms with Crippen LogP contribution in [-0.4, -0.2) is 20.1 Å². The van der Waals surface area contributed by atoms with Gasteiger partial charge in [-0.05, 0) is 66.1 Å². The van der Waals surface area contributed by atoms with Crippen LogP contribution in [0.3, 0.4) is 0 Å². The SMILES string of the molecule is CCCc1c(C(C)C)nc(C(C)C)c([C@@H](O)CS(=O)c2ccc(C)cc2)c1-c1ccc(F)cc1. The summed E-state index contributed by atoms with van der Waals surface area (Å²) >= 11 is 0.